The molecule has 0 unspecified atom stereocenters. The Labute approximate surface area is 195 Å². The fourth-order valence-corrected chi connectivity index (χ4v) is 5.36. The second-order valence-electron chi connectivity index (χ2n) is 8.21. The topological polar surface area (TPSA) is 77.6 Å². The van der Waals surface area contributed by atoms with Crippen LogP contribution in [0.25, 0.3) is 22.6 Å². The molecule has 6 rings (SSSR count). The van der Waals surface area contributed by atoms with Crippen molar-refractivity contribution < 1.29 is 9.53 Å². The second kappa shape index (κ2) is 8.40. The summed E-state index contributed by atoms with van der Waals surface area (Å²) in [7, 11) is 0. The minimum atomic E-state index is 0.160. The molecule has 2 aliphatic rings. The van der Waals surface area contributed by atoms with Gasteiger partial charge in [-0.25, -0.2) is 9.97 Å². The van der Waals surface area contributed by atoms with E-state index in [1.54, 1.807) is 11.3 Å². The number of nitrogens with one attached hydrogen (secondary N) is 1. The molecule has 1 amide bonds. The van der Waals surface area contributed by atoms with Gasteiger partial charge < -0.3 is 24.4 Å². The molecule has 0 radical (unpaired) electrons. The molecule has 9 heteroatoms. The lowest BCUT2D eigenvalue weighted by Crippen LogP contribution is -2.52. The molecule has 8 nitrogen and oxygen atoms in total. The lowest BCUT2D eigenvalue weighted by molar-refractivity contribution is -0.130. The number of carbonyl (C=O) groups excluding carboxylic acids is 1. The number of aromatic amines is 1. The van der Waals surface area contributed by atoms with E-state index in [9.17, 15) is 4.79 Å². The Morgan fingerprint density at radius 2 is 1.85 bits per heavy atom. The van der Waals surface area contributed by atoms with Gasteiger partial charge in [-0.3, -0.25) is 4.79 Å². The Morgan fingerprint density at radius 1 is 1.03 bits per heavy atom. The van der Waals surface area contributed by atoms with Crippen molar-refractivity contribution in [3.05, 3.63) is 54.0 Å². The van der Waals surface area contributed by atoms with Crippen molar-refractivity contribution in [3.8, 4) is 17.3 Å². The number of nitrogens with zero attached hydrogens (tertiary/aromatic N) is 5. The number of hydrogen-bond acceptors (Lipinski definition) is 7. The Hall–Kier alpha value is -3.59. The van der Waals surface area contributed by atoms with Crippen LogP contribution in [0.4, 0.5) is 10.7 Å². The Bertz CT molecular complexity index is 1260. The number of H-pyrrole nitrogens is 1. The smallest absolute Gasteiger partial charge is 0.242 e. The number of anilines is 2. The summed E-state index contributed by atoms with van der Waals surface area (Å²) in [5.41, 5.74) is 5.68. The normalized spacial score (nSPS) is 16.1. The van der Waals surface area contributed by atoms with Gasteiger partial charge in [-0.15, -0.1) is 11.3 Å². The molecule has 4 aromatic rings. The van der Waals surface area contributed by atoms with Gasteiger partial charge in [0, 0.05) is 26.2 Å². The predicted molar refractivity (Wildman–Crippen MR) is 130 cm³/mol. The highest BCUT2D eigenvalue weighted by Crippen LogP contribution is 2.34. The van der Waals surface area contributed by atoms with Crippen molar-refractivity contribution in [1.82, 2.24) is 19.9 Å². The molecule has 168 valence electrons. The van der Waals surface area contributed by atoms with Crippen molar-refractivity contribution in [2.45, 2.75) is 0 Å². The molecule has 1 fully saturated rings. The van der Waals surface area contributed by atoms with Crippen LogP contribution in [0.2, 0.25) is 0 Å². The van der Waals surface area contributed by atoms with E-state index in [-0.39, 0.29) is 5.91 Å². The zero-order valence-corrected chi connectivity index (χ0v) is 18.9. The zero-order valence-electron chi connectivity index (χ0n) is 18.1. The maximum atomic E-state index is 13.1. The lowest BCUT2D eigenvalue weighted by Gasteiger charge is -2.37. The minimum Gasteiger partial charge on any atom is -0.490 e. The van der Waals surface area contributed by atoms with E-state index in [0.717, 1.165) is 58.6 Å². The van der Waals surface area contributed by atoms with Crippen LogP contribution < -0.4 is 14.5 Å². The van der Waals surface area contributed by atoms with Crippen molar-refractivity contribution in [3.63, 3.8) is 0 Å². The van der Waals surface area contributed by atoms with E-state index < -0.39 is 0 Å². The van der Waals surface area contributed by atoms with Crippen LogP contribution in [-0.4, -0.2) is 71.6 Å². The van der Waals surface area contributed by atoms with Gasteiger partial charge in [0.1, 0.15) is 23.1 Å². The monoisotopic (exact) mass is 460 g/mol. The number of piperazine rings is 1. The fourth-order valence-electron chi connectivity index (χ4n) is 4.50. The SMILES string of the molecule is O=C(CN1CCOc2ccccc21)N1CCN(c2scnc2-c2nc3ccccc3[nH]2)CC1. The molecule has 0 spiro atoms. The molecule has 0 aliphatic carbocycles. The third kappa shape index (κ3) is 3.78. The third-order valence-electron chi connectivity index (χ3n) is 6.23. The van der Waals surface area contributed by atoms with Gasteiger partial charge in [-0.2, -0.15) is 0 Å². The number of thiazole rings is 1. The van der Waals surface area contributed by atoms with Gasteiger partial charge in [0.25, 0.3) is 0 Å². The third-order valence-corrected chi connectivity index (χ3v) is 7.12. The number of aromatic nitrogens is 3. The average Bonchev–Trinajstić information content (AvgIpc) is 3.51. The summed E-state index contributed by atoms with van der Waals surface area (Å²) in [6.07, 6.45) is 0. The van der Waals surface area contributed by atoms with Crippen LogP contribution in [0, 0.1) is 0 Å². The molecule has 1 saturated heterocycles. The Balaban J connectivity index is 1.12. The van der Waals surface area contributed by atoms with E-state index in [0.29, 0.717) is 26.2 Å². The van der Waals surface area contributed by atoms with Crippen molar-refractivity contribution >= 4 is 39.0 Å². The molecule has 2 aromatic heterocycles. The predicted octanol–water partition coefficient (Wildman–Crippen LogP) is 3.23. The van der Waals surface area contributed by atoms with Gasteiger partial charge in [0.2, 0.25) is 5.91 Å². The van der Waals surface area contributed by atoms with E-state index in [4.69, 9.17) is 9.72 Å². The average molecular weight is 461 g/mol. The number of para-hydroxylation sites is 4. The lowest BCUT2D eigenvalue weighted by atomic mass is 10.2. The number of imidazole rings is 1. The molecule has 0 saturated carbocycles. The van der Waals surface area contributed by atoms with E-state index >= 15 is 0 Å². The second-order valence-corrected chi connectivity index (χ2v) is 9.05. The first-order chi connectivity index (χ1) is 16.3. The number of carbonyl (C=O) groups is 1. The van der Waals surface area contributed by atoms with Gasteiger partial charge in [0.05, 0.1) is 35.3 Å². The fraction of sp³-hybridized carbons (Fsp3) is 0.292. The van der Waals surface area contributed by atoms with Gasteiger partial charge >= 0.3 is 0 Å². The van der Waals surface area contributed by atoms with Crippen molar-refractivity contribution in [1.29, 1.82) is 0 Å². The first-order valence-electron chi connectivity index (χ1n) is 11.1. The number of rotatable bonds is 4. The van der Waals surface area contributed by atoms with Crippen LogP contribution in [-0.2, 0) is 4.79 Å². The van der Waals surface area contributed by atoms with Gasteiger partial charge in [-0.05, 0) is 24.3 Å². The standard InChI is InChI=1S/C24H24N6O2S/c31-21(15-30-13-14-32-20-8-4-3-7-19(20)30)28-9-11-29(12-10-28)24-22(25-16-33-24)23-26-17-5-1-2-6-18(17)27-23/h1-8,16H,9-15H2,(H,26,27). The Morgan fingerprint density at radius 3 is 2.73 bits per heavy atom. The summed E-state index contributed by atoms with van der Waals surface area (Å²) >= 11 is 1.62. The van der Waals surface area contributed by atoms with Crippen molar-refractivity contribution in [2.24, 2.45) is 0 Å². The first-order valence-corrected chi connectivity index (χ1v) is 12.0. The maximum Gasteiger partial charge on any atom is 0.242 e. The number of amides is 1. The minimum absolute atomic E-state index is 0.160. The summed E-state index contributed by atoms with van der Waals surface area (Å²) in [5, 5.41) is 1.10. The van der Waals surface area contributed by atoms with E-state index in [1.165, 1.54) is 0 Å². The highest BCUT2D eigenvalue weighted by atomic mass is 32.1. The van der Waals surface area contributed by atoms with Crippen LogP contribution in [0.3, 0.4) is 0 Å². The highest BCUT2D eigenvalue weighted by molar-refractivity contribution is 7.14. The molecule has 1 N–H and O–H groups in total. The maximum absolute atomic E-state index is 13.1. The van der Waals surface area contributed by atoms with Gasteiger partial charge in [0.15, 0.2) is 5.82 Å². The molecular weight excluding hydrogens is 436 g/mol. The molecule has 4 heterocycles. The van der Waals surface area contributed by atoms with Gasteiger partial charge in [-0.1, -0.05) is 24.3 Å². The van der Waals surface area contributed by atoms with E-state index in [1.807, 2.05) is 58.9 Å². The van der Waals surface area contributed by atoms with Crippen LogP contribution in [0.1, 0.15) is 0 Å². The highest BCUT2D eigenvalue weighted by Gasteiger charge is 2.27. The number of hydrogen-bond donors (Lipinski definition) is 1. The molecule has 33 heavy (non-hydrogen) atoms. The zero-order chi connectivity index (χ0) is 22.2. The quantitative estimate of drug-likeness (QED) is 0.504. The summed E-state index contributed by atoms with van der Waals surface area (Å²) in [6, 6.07) is 15.9. The number of benzene rings is 2. The summed E-state index contributed by atoms with van der Waals surface area (Å²) in [6.45, 7) is 4.66. The largest absolute Gasteiger partial charge is 0.490 e. The molecule has 2 aliphatic heterocycles. The number of ether oxygens (including phenoxy) is 1. The molecule has 0 atom stereocenters. The Kier molecular flexibility index (Phi) is 5.10. The summed E-state index contributed by atoms with van der Waals surface area (Å²) in [4.78, 5) is 32.2. The number of fused-ring (bicyclic) bond motifs is 2. The summed E-state index contributed by atoms with van der Waals surface area (Å²) in [5.74, 6) is 1.80. The molecular formula is C24H24N6O2S. The summed E-state index contributed by atoms with van der Waals surface area (Å²) < 4.78 is 5.72. The van der Waals surface area contributed by atoms with E-state index in [2.05, 4.69) is 19.8 Å². The first kappa shape index (κ1) is 20.0. The molecule has 2 aromatic carbocycles. The van der Waals surface area contributed by atoms with Crippen LogP contribution in [0.15, 0.2) is 54.0 Å². The molecule has 0 bridgehead atoms. The van der Waals surface area contributed by atoms with Crippen molar-refractivity contribution in [2.75, 3.05) is 55.7 Å². The van der Waals surface area contributed by atoms with Crippen LogP contribution in [0.5, 0.6) is 5.75 Å². The van der Waals surface area contributed by atoms with Crippen LogP contribution >= 0.6 is 11.3 Å².